The lowest BCUT2D eigenvalue weighted by molar-refractivity contribution is 0.516. The van der Waals surface area contributed by atoms with Gasteiger partial charge in [0.15, 0.2) is 0 Å². The molecule has 1 aliphatic rings. The van der Waals surface area contributed by atoms with Crippen LogP contribution in [0, 0.1) is 5.92 Å². The van der Waals surface area contributed by atoms with Gasteiger partial charge in [-0.3, -0.25) is 4.98 Å². The molecule has 20 heavy (non-hydrogen) atoms. The fourth-order valence-corrected chi connectivity index (χ4v) is 4.14. The smallest absolute Gasteiger partial charge is 0.0743 e. The van der Waals surface area contributed by atoms with E-state index in [1.807, 2.05) is 12.1 Å². The molecule has 3 nitrogen and oxygen atoms in total. The number of halogens is 1. The number of rotatable bonds is 3. The van der Waals surface area contributed by atoms with Crippen LogP contribution < -0.4 is 11.1 Å². The molecule has 1 fully saturated rings. The van der Waals surface area contributed by atoms with Crippen LogP contribution in [-0.2, 0) is 0 Å². The van der Waals surface area contributed by atoms with Gasteiger partial charge in [0.1, 0.15) is 0 Å². The summed E-state index contributed by atoms with van der Waals surface area (Å²) in [5.74, 6) is 3.32. The second kappa shape index (κ2) is 6.22. The van der Waals surface area contributed by atoms with E-state index in [-0.39, 0.29) is 0 Å². The predicted octanol–water partition coefficient (Wildman–Crippen LogP) is 4.13. The van der Waals surface area contributed by atoms with E-state index in [0.717, 1.165) is 39.2 Å². The number of hydrogen-bond donors (Lipinski definition) is 2. The lowest BCUT2D eigenvalue weighted by atomic mass is 10.0. The van der Waals surface area contributed by atoms with Crippen molar-refractivity contribution in [2.75, 3.05) is 29.1 Å². The van der Waals surface area contributed by atoms with Gasteiger partial charge in [-0.25, -0.2) is 0 Å². The Morgan fingerprint density at radius 1 is 1.35 bits per heavy atom. The molecule has 0 atom stereocenters. The van der Waals surface area contributed by atoms with Crippen LogP contribution in [0.3, 0.4) is 0 Å². The summed E-state index contributed by atoms with van der Waals surface area (Å²) in [4.78, 5) is 4.39. The molecule has 0 saturated carbocycles. The number of nitrogens with one attached hydrogen (secondary N) is 1. The number of anilines is 2. The molecule has 0 spiro atoms. The van der Waals surface area contributed by atoms with E-state index >= 15 is 0 Å². The maximum Gasteiger partial charge on any atom is 0.0743 e. The molecule has 1 aromatic heterocycles. The average molecular weight is 352 g/mol. The number of pyridine rings is 1. The molecule has 0 unspecified atom stereocenters. The van der Waals surface area contributed by atoms with Gasteiger partial charge in [0.25, 0.3) is 0 Å². The van der Waals surface area contributed by atoms with E-state index in [0.29, 0.717) is 0 Å². The first-order valence-corrected chi connectivity index (χ1v) is 8.84. The number of nitrogens with zero attached hydrogens (tertiary/aromatic N) is 1. The molecule has 106 valence electrons. The summed E-state index contributed by atoms with van der Waals surface area (Å²) in [6.45, 7) is 0.996. The quantitative estimate of drug-likeness (QED) is 0.872. The van der Waals surface area contributed by atoms with E-state index in [1.54, 1.807) is 6.20 Å². The number of benzene rings is 1. The molecule has 2 aromatic rings. The largest absolute Gasteiger partial charge is 0.396 e. The highest BCUT2D eigenvalue weighted by Gasteiger charge is 2.15. The number of aromatic nitrogens is 1. The van der Waals surface area contributed by atoms with E-state index in [9.17, 15) is 0 Å². The molecule has 0 amide bonds. The van der Waals surface area contributed by atoms with Crippen molar-refractivity contribution in [3.8, 4) is 0 Å². The van der Waals surface area contributed by atoms with Gasteiger partial charge in [0, 0.05) is 16.4 Å². The van der Waals surface area contributed by atoms with Gasteiger partial charge in [-0.05, 0) is 48.5 Å². The van der Waals surface area contributed by atoms with Crippen LogP contribution in [0.1, 0.15) is 12.8 Å². The Morgan fingerprint density at radius 3 is 2.95 bits per heavy atom. The number of hydrogen-bond acceptors (Lipinski definition) is 4. The maximum absolute atomic E-state index is 6.11. The van der Waals surface area contributed by atoms with Crippen LogP contribution >= 0.6 is 27.7 Å². The van der Waals surface area contributed by atoms with Crippen molar-refractivity contribution in [2.45, 2.75) is 12.8 Å². The highest BCUT2D eigenvalue weighted by molar-refractivity contribution is 9.10. The van der Waals surface area contributed by atoms with Crippen LogP contribution in [-0.4, -0.2) is 23.0 Å². The Kier molecular flexibility index (Phi) is 4.36. The second-order valence-electron chi connectivity index (χ2n) is 5.19. The van der Waals surface area contributed by atoms with Crippen LogP contribution in [0.25, 0.3) is 10.9 Å². The summed E-state index contributed by atoms with van der Waals surface area (Å²) in [6, 6.07) is 6.10. The minimum Gasteiger partial charge on any atom is -0.396 e. The van der Waals surface area contributed by atoms with Gasteiger partial charge in [-0.1, -0.05) is 15.9 Å². The Morgan fingerprint density at radius 2 is 2.15 bits per heavy atom. The second-order valence-corrected chi connectivity index (χ2v) is 7.33. The molecule has 3 rings (SSSR count). The molecule has 1 saturated heterocycles. The first kappa shape index (κ1) is 14.0. The molecule has 3 N–H and O–H groups in total. The molecule has 2 heterocycles. The summed E-state index contributed by atoms with van der Waals surface area (Å²) in [7, 11) is 0. The third-order valence-corrected chi connectivity index (χ3v) is 5.31. The van der Waals surface area contributed by atoms with Gasteiger partial charge in [-0.2, -0.15) is 11.8 Å². The van der Waals surface area contributed by atoms with Crippen molar-refractivity contribution in [1.29, 1.82) is 0 Å². The summed E-state index contributed by atoms with van der Waals surface area (Å²) in [6.07, 6.45) is 4.34. The number of nitrogens with two attached hydrogens (primary N) is 1. The van der Waals surface area contributed by atoms with Crippen molar-refractivity contribution in [1.82, 2.24) is 4.98 Å². The Hall–Kier alpha value is -0.940. The molecule has 0 radical (unpaired) electrons. The first-order chi connectivity index (χ1) is 9.74. The number of thioether (sulfide) groups is 1. The zero-order valence-corrected chi connectivity index (χ0v) is 13.6. The minimum absolute atomic E-state index is 0.723. The van der Waals surface area contributed by atoms with Crippen LogP contribution in [0.15, 0.2) is 28.9 Å². The molecule has 5 heteroatoms. The number of nitrogen functional groups attached to an aromatic ring is 1. The SMILES string of the molecule is Nc1cnc2ccc(Br)cc2c1NCC1CCSCC1. The highest BCUT2D eigenvalue weighted by atomic mass is 79.9. The molecule has 0 bridgehead atoms. The third-order valence-electron chi connectivity index (χ3n) is 3.77. The minimum atomic E-state index is 0.723. The van der Waals surface area contributed by atoms with E-state index in [1.165, 1.54) is 24.3 Å². The molecular weight excluding hydrogens is 334 g/mol. The first-order valence-electron chi connectivity index (χ1n) is 6.89. The van der Waals surface area contributed by atoms with Gasteiger partial charge in [0.05, 0.1) is 23.1 Å². The lowest BCUT2D eigenvalue weighted by Gasteiger charge is -2.23. The topological polar surface area (TPSA) is 50.9 Å². The van der Waals surface area contributed by atoms with Crippen molar-refractivity contribution in [3.05, 3.63) is 28.9 Å². The van der Waals surface area contributed by atoms with Crippen molar-refractivity contribution in [3.63, 3.8) is 0 Å². The zero-order chi connectivity index (χ0) is 13.9. The summed E-state index contributed by atoms with van der Waals surface area (Å²) >= 11 is 5.58. The third kappa shape index (κ3) is 3.04. The van der Waals surface area contributed by atoms with E-state index in [4.69, 9.17) is 5.73 Å². The average Bonchev–Trinajstić information content (AvgIpc) is 2.47. The van der Waals surface area contributed by atoms with Gasteiger partial charge in [-0.15, -0.1) is 0 Å². The molecule has 1 aromatic carbocycles. The normalized spacial score (nSPS) is 16.4. The summed E-state index contributed by atoms with van der Waals surface area (Å²) in [5.41, 5.74) is 8.83. The standard InChI is InChI=1S/C15H18BrN3S/c16-11-1-2-14-12(7-11)15(13(17)9-18-14)19-8-10-3-5-20-6-4-10/h1-2,7,9-10H,3-6,8,17H2,(H,18,19). The van der Waals surface area contributed by atoms with Crippen LogP contribution in [0.4, 0.5) is 11.4 Å². The Labute approximate surface area is 131 Å². The molecule has 0 aliphatic carbocycles. The predicted molar refractivity (Wildman–Crippen MR) is 92.4 cm³/mol. The van der Waals surface area contributed by atoms with Gasteiger partial charge < -0.3 is 11.1 Å². The Bertz CT molecular complexity index is 606. The van der Waals surface area contributed by atoms with Crippen LogP contribution in [0.5, 0.6) is 0 Å². The summed E-state index contributed by atoms with van der Waals surface area (Å²) < 4.78 is 1.05. The fourth-order valence-electron chi connectivity index (χ4n) is 2.57. The van der Waals surface area contributed by atoms with Gasteiger partial charge >= 0.3 is 0 Å². The van der Waals surface area contributed by atoms with Crippen LogP contribution in [0.2, 0.25) is 0 Å². The monoisotopic (exact) mass is 351 g/mol. The van der Waals surface area contributed by atoms with Gasteiger partial charge in [0.2, 0.25) is 0 Å². The lowest BCUT2D eigenvalue weighted by Crippen LogP contribution is -2.19. The fraction of sp³-hybridized carbons (Fsp3) is 0.400. The van der Waals surface area contributed by atoms with E-state index in [2.05, 4.69) is 44.1 Å². The molecule has 1 aliphatic heterocycles. The highest BCUT2D eigenvalue weighted by Crippen LogP contribution is 2.31. The van der Waals surface area contributed by atoms with E-state index < -0.39 is 0 Å². The maximum atomic E-state index is 6.11. The number of fused-ring (bicyclic) bond motifs is 1. The summed E-state index contributed by atoms with van der Waals surface area (Å²) in [5, 5.41) is 4.65. The molecular formula is C15H18BrN3S. The van der Waals surface area contributed by atoms with Crippen molar-refractivity contribution in [2.24, 2.45) is 5.92 Å². The van der Waals surface area contributed by atoms with Crippen molar-refractivity contribution >= 4 is 50.0 Å². The van der Waals surface area contributed by atoms with Crippen molar-refractivity contribution < 1.29 is 0 Å². The Balaban J connectivity index is 1.85. The zero-order valence-electron chi connectivity index (χ0n) is 11.2.